The van der Waals surface area contributed by atoms with E-state index >= 15 is 0 Å². The van der Waals surface area contributed by atoms with E-state index in [0.717, 1.165) is 21.7 Å². The van der Waals surface area contributed by atoms with Crippen LogP contribution in [0.3, 0.4) is 0 Å². The first-order valence-electron chi connectivity index (χ1n) is 10.7. The van der Waals surface area contributed by atoms with Crippen molar-refractivity contribution in [2.45, 2.75) is 32.7 Å². The molecule has 0 saturated carbocycles. The van der Waals surface area contributed by atoms with Crippen molar-refractivity contribution < 1.29 is 9.59 Å². The molecule has 2 atom stereocenters. The summed E-state index contributed by atoms with van der Waals surface area (Å²) in [5.74, 6) is -0.163. The molecule has 0 spiro atoms. The molecule has 1 aliphatic rings. The second-order valence-electron chi connectivity index (χ2n) is 8.56. The number of hydrogen-bond acceptors (Lipinski definition) is 3. The Morgan fingerprint density at radius 1 is 1.06 bits per heavy atom. The highest BCUT2D eigenvalue weighted by Gasteiger charge is 2.45. The first-order valence-corrected chi connectivity index (χ1v) is 11.5. The third-order valence-electron chi connectivity index (χ3n) is 5.91. The first kappa shape index (κ1) is 21.3. The van der Waals surface area contributed by atoms with Crippen LogP contribution in [0, 0.1) is 12.8 Å². The number of carbonyl (C=O) groups excluding carboxylic acids is 2. The minimum atomic E-state index is -0.462. The second-order valence-corrected chi connectivity index (χ2v) is 9.54. The molecular formula is C26H28N2O2S. The van der Waals surface area contributed by atoms with E-state index in [-0.39, 0.29) is 17.9 Å². The number of anilines is 1. The summed E-state index contributed by atoms with van der Waals surface area (Å²) >= 11 is 1.60. The lowest BCUT2D eigenvalue weighted by Crippen LogP contribution is -2.48. The van der Waals surface area contributed by atoms with E-state index in [1.54, 1.807) is 16.2 Å². The SMILES string of the molecule is Cc1ccccc1N(C)C(=O)C1c2ccccc2C(=O)N(CC(C)C)C1c1cccs1. The molecule has 31 heavy (non-hydrogen) atoms. The van der Waals surface area contributed by atoms with Crippen LogP contribution in [-0.2, 0) is 4.79 Å². The van der Waals surface area contributed by atoms with E-state index in [0.29, 0.717) is 18.0 Å². The number of likely N-dealkylation sites (N-methyl/N-ethyl adjacent to an activating group) is 1. The van der Waals surface area contributed by atoms with Crippen LogP contribution in [0.1, 0.15) is 52.2 Å². The largest absolute Gasteiger partial charge is 0.329 e. The minimum Gasteiger partial charge on any atom is -0.329 e. The first-order chi connectivity index (χ1) is 14.9. The fourth-order valence-electron chi connectivity index (χ4n) is 4.50. The summed E-state index contributed by atoms with van der Waals surface area (Å²) in [5, 5.41) is 2.01. The lowest BCUT2D eigenvalue weighted by atomic mass is 9.80. The maximum absolute atomic E-state index is 14.0. The molecule has 4 rings (SSSR count). The van der Waals surface area contributed by atoms with Crippen molar-refractivity contribution in [3.8, 4) is 0 Å². The molecule has 2 unspecified atom stereocenters. The topological polar surface area (TPSA) is 40.6 Å². The number of thiophene rings is 1. The number of benzene rings is 2. The Labute approximate surface area is 188 Å². The normalized spacial score (nSPS) is 18.2. The number of nitrogens with zero attached hydrogens (tertiary/aromatic N) is 2. The number of fused-ring (bicyclic) bond motifs is 1. The molecule has 0 N–H and O–H groups in total. The predicted molar refractivity (Wildman–Crippen MR) is 127 cm³/mol. The molecule has 0 bridgehead atoms. The summed E-state index contributed by atoms with van der Waals surface area (Å²) in [5.41, 5.74) is 3.39. The highest BCUT2D eigenvalue weighted by atomic mass is 32.1. The predicted octanol–water partition coefficient (Wildman–Crippen LogP) is 5.66. The Kier molecular flexibility index (Phi) is 5.96. The fraction of sp³-hybridized carbons (Fsp3) is 0.308. The van der Waals surface area contributed by atoms with E-state index < -0.39 is 5.92 Å². The molecule has 0 fully saturated rings. The lowest BCUT2D eigenvalue weighted by Gasteiger charge is -2.43. The minimum absolute atomic E-state index is 0.00130. The van der Waals surface area contributed by atoms with E-state index in [1.807, 2.05) is 84.9 Å². The lowest BCUT2D eigenvalue weighted by molar-refractivity contribution is -0.121. The van der Waals surface area contributed by atoms with E-state index in [4.69, 9.17) is 0 Å². The van der Waals surface area contributed by atoms with Gasteiger partial charge in [0.05, 0.1) is 12.0 Å². The Morgan fingerprint density at radius 3 is 2.45 bits per heavy atom. The van der Waals surface area contributed by atoms with Crippen molar-refractivity contribution in [2.75, 3.05) is 18.5 Å². The van der Waals surface area contributed by atoms with Crippen molar-refractivity contribution in [1.82, 2.24) is 4.90 Å². The van der Waals surface area contributed by atoms with Crippen molar-refractivity contribution >= 4 is 28.8 Å². The molecule has 1 aromatic heterocycles. The monoisotopic (exact) mass is 432 g/mol. The number of hydrogen-bond donors (Lipinski definition) is 0. The number of aryl methyl sites for hydroxylation is 1. The standard InChI is InChI=1S/C26H28N2O2S/c1-17(2)16-28-24(22-14-9-15-31-22)23(19-11-6-7-12-20(19)25(28)29)26(30)27(4)21-13-8-5-10-18(21)3/h5-15,17,23-24H,16H2,1-4H3. The second kappa shape index (κ2) is 8.67. The maximum Gasteiger partial charge on any atom is 0.254 e. The summed E-state index contributed by atoms with van der Waals surface area (Å²) < 4.78 is 0. The van der Waals surface area contributed by atoms with Crippen LogP contribution in [-0.4, -0.2) is 30.3 Å². The molecule has 2 amide bonds. The van der Waals surface area contributed by atoms with Gasteiger partial charge in [-0.2, -0.15) is 0 Å². The Morgan fingerprint density at radius 2 is 1.77 bits per heavy atom. The number of carbonyl (C=O) groups is 2. The third kappa shape index (κ3) is 3.90. The Hall–Kier alpha value is -2.92. The molecule has 2 aromatic carbocycles. The molecule has 2 heterocycles. The van der Waals surface area contributed by atoms with Crippen LogP contribution in [0.15, 0.2) is 66.0 Å². The summed E-state index contributed by atoms with van der Waals surface area (Å²) in [6, 6.07) is 19.2. The van der Waals surface area contributed by atoms with Gasteiger partial charge in [0.1, 0.15) is 0 Å². The molecule has 0 aliphatic carbocycles. The Bertz CT molecular complexity index is 1090. The smallest absolute Gasteiger partial charge is 0.254 e. The average molecular weight is 433 g/mol. The van der Waals surface area contributed by atoms with Crippen LogP contribution >= 0.6 is 11.3 Å². The van der Waals surface area contributed by atoms with Gasteiger partial charge in [0.2, 0.25) is 5.91 Å². The summed E-state index contributed by atoms with van der Waals surface area (Å²) in [6.45, 7) is 6.83. The summed E-state index contributed by atoms with van der Waals surface area (Å²) in [7, 11) is 1.84. The van der Waals surface area contributed by atoms with Gasteiger partial charge in [-0.05, 0) is 47.5 Å². The highest BCUT2D eigenvalue weighted by molar-refractivity contribution is 7.10. The number of amides is 2. The van der Waals surface area contributed by atoms with E-state index in [1.165, 1.54) is 0 Å². The quantitative estimate of drug-likeness (QED) is 0.522. The van der Waals surface area contributed by atoms with Gasteiger partial charge in [-0.3, -0.25) is 9.59 Å². The molecular weight excluding hydrogens is 404 g/mol. The van der Waals surface area contributed by atoms with Crippen LogP contribution < -0.4 is 4.90 Å². The molecule has 5 heteroatoms. The van der Waals surface area contributed by atoms with Gasteiger partial charge in [-0.15, -0.1) is 11.3 Å². The van der Waals surface area contributed by atoms with Gasteiger partial charge >= 0.3 is 0 Å². The zero-order chi connectivity index (χ0) is 22.1. The van der Waals surface area contributed by atoms with Crippen LogP contribution in [0.25, 0.3) is 0 Å². The van der Waals surface area contributed by atoms with Gasteiger partial charge in [-0.1, -0.05) is 56.3 Å². The third-order valence-corrected chi connectivity index (χ3v) is 6.85. The van der Waals surface area contributed by atoms with E-state index in [9.17, 15) is 9.59 Å². The van der Waals surface area contributed by atoms with Crippen LogP contribution in [0.4, 0.5) is 5.69 Å². The van der Waals surface area contributed by atoms with Gasteiger partial charge in [0.25, 0.3) is 5.91 Å². The zero-order valence-corrected chi connectivity index (χ0v) is 19.2. The van der Waals surface area contributed by atoms with E-state index in [2.05, 4.69) is 13.8 Å². The highest BCUT2D eigenvalue weighted by Crippen LogP contribution is 2.45. The van der Waals surface area contributed by atoms with Gasteiger partial charge in [-0.25, -0.2) is 0 Å². The van der Waals surface area contributed by atoms with Crippen molar-refractivity contribution in [1.29, 1.82) is 0 Å². The molecule has 0 saturated heterocycles. The summed E-state index contributed by atoms with van der Waals surface area (Å²) in [6.07, 6.45) is 0. The molecule has 4 nitrogen and oxygen atoms in total. The van der Waals surface area contributed by atoms with Gasteiger partial charge < -0.3 is 9.80 Å². The average Bonchev–Trinajstić information content (AvgIpc) is 3.29. The van der Waals surface area contributed by atoms with Crippen molar-refractivity contribution in [2.24, 2.45) is 5.92 Å². The van der Waals surface area contributed by atoms with Crippen LogP contribution in [0.5, 0.6) is 0 Å². The van der Waals surface area contributed by atoms with Gasteiger partial charge in [0.15, 0.2) is 0 Å². The fourth-order valence-corrected chi connectivity index (χ4v) is 5.37. The summed E-state index contributed by atoms with van der Waals surface area (Å²) in [4.78, 5) is 32.3. The van der Waals surface area contributed by atoms with Crippen LogP contribution in [0.2, 0.25) is 0 Å². The zero-order valence-electron chi connectivity index (χ0n) is 18.4. The van der Waals surface area contributed by atoms with Crippen molar-refractivity contribution in [3.63, 3.8) is 0 Å². The van der Waals surface area contributed by atoms with Crippen molar-refractivity contribution in [3.05, 3.63) is 87.6 Å². The molecule has 1 aliphatic heterocycles. The maximum atomic E-state index is 14.0. The number of rotatable bonds is 5. The molecule has 3 aromatic rings. The number of para-hydroxylation sites is 1. The van der Waals surface area contributed by atoms with Gasteiger partial charge in [0, 0.05) is 29.7 Å². The molecule has 160 valence electrons. The molecule has 0 radical (unpaired) electrons. The Balaban J connectivity index is 1.87.